The first kappa shape index (κ1) is 19.4. The van der Waals surface area contributed by atoms with Crippen molar-refractivity contribution in [2.45, 2.75) is 12.0 Å². The summed E-state index contributed by atoms with van der Waals surface area (Å²) in [5, 5.41) is 11.1. The van der Waals surface area contributed by atoms with Gasteiger partial charge in [-0.1, -0.05) is 60.7 Å². The topological polar surface area (TPSA) is 72.7 Å². The van der Waals surface area contributed by atoms with Crippen molar-refractivity contribution in [3.8, 4) is 0 Å². The van der Waals surface area contributed by atoms with Crippen LogP contribution in [0.4, 0.5) is 11.4 Å². The van der Waals surface area contributed by atoms with Gasteiger partial charge in [0.15, 0.2) is 0 Å². The van der Waals surface area contributed by atoms with Crippen LogP contribution in [0.1, 0.15) is 23.1 Å². The monoisotopic (exact) mass is 400 g/mol. The number of nitro groups is 1. The highest BCUT2D eigenvalue weighted by Crippen LogP contribution is 2.47. The molecule has 0 unspecified atom stereocenters. The fourth-order valence-electron chi connectivity index (χ4n) is 3.92. The Balaban J connectivity index is 1.87. The summed E-state index contributed by atoms with van der Waals surface area (Å²) >= 11 is 0. The molecular weight excluding hydrogens is 380 g/mol. The third-order valence-corrected chi connectivity index (χ3v) is 5.27. The number of methoxy groups -OCH3 is 1. The molecule has 1 aliphatic heterocycles. The molecule has 0 spiro atoms. The van der Waals surface area contributed by atoms with E-state index in [9.17, 15) is 14.9 Å². The first-order valence-electron chi connectivity index (χ1n) is 9.54. The van der Waals surface area contributed by atoms with E-state index in [1.54, 1.807) is 12.1 Å². The molecule has 4 rings (SSSR count). The van der Waals surface area contributed by atoms with Crippen LogP contribution < -0.4 is 4.90 Å². The predicted octanol–water partition coefficient (Wildman–Crippen LogP) is 5.00. The summed E-state index contributed by atoms with van der Waals surface area (Å²) < 4.78 is 5.06. The Hall–Kier alpha value is -3.93. The van der Waals surface area contributed by atoms with E-state index in [1.807, 2.05) is 71.6 Å². The van der Waals surface area contributed by atoms with E-state index >= 15 is 0 Å². The molecular formula is C24H20N2O4. The Bertz CT molecular complexity index is 1080. The molecule has 1 aliphatic rings. The molecule has 6 nitrogen and oxygen atoms in total. The molecule has 2 atom stereocenters. The quantitative estimate of drug-likeness (QED) is 0.342. The molecule has 0 aliphatic carbocycles. The van der Waals surface area contributed by atoms with E-state index < -0.39 is 10.9 Å². The van der Waals surface area contributed by atoms with Gasteiger partial charge in [-0.15, -0.1) is 0 Å². The van der Waals surface area contributed by atoms with Crippen LogP contribution in [0.3, 0.4) is 0 Å². The number of hydrogen-bond acceptors (Lipinski definition) is 5. The molecule has 1 heterocycles. The molecule has 0 N–H and O–H groups in total. The predicted molar refractivity (Wildman–Crippen MR) is 114 cm³/mol. The Morgan fingerprint density at radius 3 is 2.00 bits per heavy atom. The maximum Gasteiger partial charge on any atom is 0.354 e. The second kappa shape index (κ2) is 8.21. The second-order valence-corrected chi connectivity index (χ2v) is 6.98. The van der Waals surface area contributed by atoms with Crippen LogP contribution in [0.2, 0.25) is 0 Å². The number of nitrogens with zero attached hydrogens (tertiary/aromatic N) is 2. The van der Waals surface area contributed by atoms with E-state index in [2.05, 4.69) is 0 Å². The van der Waals surface area contributed by atoms with Crippen LogP contribution in [-0.2, 0) is 9.53 Å². The molecule has 0 saturated heterocycles. The lowest BCUT2D eigenvalue weighted by molar-refractivity contribution is -0.384. The average molecular weight is 400 g/mol. The Kier molecular flexibility index (Phi) is 5.30. The molecule has 30 heavy (non-hydrogen) atoms. The smallest absolute Gasteiger partial charge is 0.354 e. The van der Waals surface area contributed by atoms with Gasteiger partial charge >= 0.3 is 5.97 Å². The molecule has 0 amide bonds. The number of rotatable bonds is 5. The van der Waals surface area contributed by atoms with Gasteiger partial charge in [0.25, 0.3) is 5.69 Å². The SMILES string of the molecule is COC(=O)C1=C[C@H](c2ccccc2)[C@H](c2ccccc2)N1c1ccc([N+](=O)[O-])cc1. The molecule has 3 aromatic carbocycles. The van der Waals surface area contributed by atoms with Gasteiger partial charge < -0.3 is 9.64 Å². The number of carbonyl (C=O) groups excluding carboxylic acids is 1. The van der Waals surface area contributed by atoms with Gasteiger partial charge in [-0.25, -0.2) is 4.79 Å². The van der Waals surface area contributed by atoms with E-state index in [0.29, 0.717) is 11.4 Å². The van der Waals surface area contributed by atoms with Crippen molar-refractivity contribution >= 4 is 17.3 Å². The minimum atomic E-state index is -0.451. The van der Waals surface area contributed by atoms with Crippen LogP contribution in [0.5, 0.6) is 0 Å². The summed E-state index contributed by atoms with van der Waals surface area (Å²) in [7, 11) is 1.35. The van der Waals surface area contributed by atoms with E-state index in [0.717, 1.165) is 11.1 Å². The van der Waals surface area contributed by atoms with Gasteiger partial charge in [-0.3, -0.25) is 10.1 Å². The number of carbonyl (C=O) groups is 1. The number of ether oxygens (including phenoxy) is 1. The van der Waals surface area contributed by atoms with Crippen molar-refractivity contribution in [1.29, 1.82) is 0 Å². The van der Waals surface area contributed by atoms with Crippen LogP contribution in [0, 0.1) is 10.1 Å². The van der Waals surface area contributed by atoms with E-state index in [1.165, 1.54) is 19.2 Å². The molecule has 6 heteroatoms. The number of esters is 1. The molecule has 0 bridgehead atoms. The molecule has 0 saturated carbocycles. The lowest BCUT2D eigenvalue weighted by Crippen LogP contribution is -2.29. The Labute approximate surface area is 174 Å². The maximum atomic E-state index is 12.7. The zero-order valence-corrected chi connectivity index (χ0v) is 16.3. The number of benzene rings is 3. The molecule has 3 aromatic rings. The Morgan fingerprint density at radius 1 is 0.900 bits per heavy atom. The zero-order valence-electron chi connectivity index (χ0n) is 16.3. The van der Waals surface area contributed by atoms with E-state index in [4.69, 9.17) is 4.74 Å². The fraction of sp³-hybridized carbons (Fsp3) is 0.125. The van der Waals surface area contributed by atoms with Crippen molar-refractivity contribution in [3.63, 3.8) is 0 Å². The van der Waals surface area contributed by atoms with Gasteiger partial charge in [0.1, 0.15) is 5.70 Å². The highest BCUT2D eigenvalue weighted by atomic mass is 16.6. The summed E-state index contributed by atoms with van der Waals surface area (Å²) in [5.41, 5.74) is 3.19. The second-order valence-electron chi connectivity index (χ2n) is 6.98. The van der Waals surface area contributed by atoms with Crippen molar-refractivity contribution in [3.05, 3.63) is 118 Å². The minimum absolute atomic E-state index is 0.00239. The lowest BCUT2D eigenvalue weighted by Gasteiger charge is -2.32. The van der Waals surface area contributed by atoms with Crippen LogP contribution in [0.15, 0.2) is 96.7 Å². The third-order valence-electron chi connectivity index (χ3n) is 5.27. The highest BCUT2D eigenvalue weighted by Gasteiger charge is 2.40. The summed E-state index contributed by atoms with van der Waals surface area (Å²) in [5.74, 6) is -0.550. The summed E-state index contributed by atoms with van der Waals surface area (Å²) in [4.78, 5) is 25.2. The number of hydrogen-bond donors (Lipinski definition) is 0. The average Bonchev–Trinajstić information content (AvgIpc) is 3.20. The minimum Gasteiger partial charge on any atom is -0.464 e. The van der Waals surface area contributed by atoms with Crippen molar-refractivity contribution < 1.29 is 14.5 Å². The summed E-state index contributed by atoms with van der Waals surface area (Å²) in [6.07, 6.45) is 1.92. The summed E-state index contributed by atoms with van der Waals surface area (Å²) in [6, 6.07) is 25.9. The summed E-state index contributed by atoms with van der Waals surface area (Å²) in [6.45, 7) is 0. The normalized spacial score (nSPS) is 18.0. The first-order chi connectivity index (χ1) is 14.6. The molecule has 0 aromatic heterocycles. The number of anilines is 1. The molecule has 0 radical (unpaired) electrons. The van der Waals surface area contributed by atoms with Gasteiger partial charge in [0.2, 0.25) is 0 Å². The number of nitro benzene ring substituents is 1. The molecule has 0 fully saturated rings. The standard InChI is InChI=1S/C24H20N2O4/c1-30-24(27)22-16-21(17-8-4-2-5-9-17)23(18-10-6-3-7-11-18)25(22)19-12-14-20(15-13-19)26(28)29/h2-16,21,23H,1H3/t21-,23+/m1/s1. The van der Waals surface area contributed by atoms with Crippen molar-refractivity contribution in [2.24, 2.45) is 0 Å². The van der Waals surface area contributed by atoms with Gasteiger partial charge in [0, 0.05) is 23.7 Å². The zero-order chi connectivity index (χ0) is 21.1. The number of non-ortho nitro benzene ring substituents is 1. The van der Waals surface area contributed by atoms with Gasteiger partial charge in [-0.05, 0) is 29.3 Å². The fourth-order valence-corrected chi connectivity index (χ4v) is 3.92. The Morgan fingerprint density at radius 2 is 1.47 bits per heavy atom. The third kappa shape index (κ3) is 3.55. The largest absolute Gasteiger partial charge is 0.464 e. The van der Waals surface area contributed by atoms with E-state index in [-0.39, 0.29) is 17.6 Å². The van der Waals surface area contributed by atoms with Crippen LogP contribution in [0.25, 0.3) is 0 Å². The van der Waals surface area contributed by atoms with Crippen LogP contribution >= 0.6 is 0 Å². The lowest BCUT2D eigenvalue weighted by atomic mass is 9.88. The van der Waals surface area contributed by atoms with Crippen molar-refractivity contribution in [2.75, 3.05) is 12.0 Å². The molecule has 150 valence electrons. The maximum absolute atomic E-state index is 12.7. The highest BCUT2D eigenvalue weighted by molar-refractivity contribution is 5.94. The van der Waals surface area contributed by atoms with Crippen LogP contribution in [-0.4, -0.2) is 18.0 Å². The van der Waals surface area contributed by atoms with Gasteiger partial charge in [-0.2, -0.15) is 0 Å². The van der Waals surface area contributed by atoms with Gasteiger partial charge in [0.05, 0.1) is 18.1 Å². The van der Waals surface area contributed by atoms with Crippen molar-refractivity contribution in [1.82, 2.24) is 0 Å². The first-order valence-corrected chi connectivity index (χ1v) is 9.54.